The van der Waals surface area contributed by atoms with E-state index in [4.69, 9.17) is 28.2 Å². The lowest BCUT2D eigenvalue weighted by Crippen LogP contribution is -2.33. The van der Waals surface area contributed by atoms with Gasteiger partial charge in [-0.2, -0.15) is 0 Å². The van der Waals surface area contributed by atoms with Gasteiger partial charge in [0.2, 0.25) is 5.75 Å². The molecule has 0 N–H and O–H groups in total. The van der Waals surface area contributed by atoms with E-state index in [1.54, 1.807) is 24.3 Å². The second-order valence-electron chi connectivity index (χ2n) is 9.10. The van der Waals surface area contributed by atoms with Crippen LogP contribution in [-0.2, 0) is 33.1 Å². The first-order valence-electron chi connectivity index (χ1n) is 13.7. The Balaban J connectivity index is 2.47. The Labute approximate surface area is 246 Å². The first-order valence-corrected chi connectivity index (χ1v) is 15.0. The zero-order valence-corrected chi connectivity index (χ0v) is 25.3. The SMILES string of the molecule is CCCCOC(=O)c1ccccc1OC(C(CCC(=O)OC)C(=O)OC)[P+](=O)Oc1ccccc1C(=O)OCCCC. The van der Waals surface area contributed by atoms with Gasteiger partial charge in [-0.05, 0) is 48.1 Å². The Bertz CT molecular complexity index is 1210. The Morgan fingerprint density at radius 1 is 0.762 bits per heavy atom. The highest BCUT2D eigenvalue weighted by Gasteiger charge is 2.49. The molecular formula is C30H38O11P+. The van der Waals surface area contributed by atoms with E-state index in [0.29, 0.717) is 12.8 Å². The number of hydrogen-bond donors (Lipinski definition) is 0. The van der Waals surface area contributed by atoms with Crippen LogP contribution in [0.25, 0.3) is 0 Å². The van der Waals surface area contributed by atoms with Crippen molar-refractivity contribution in [3.05, 3.63) is 59.7 Å². The topological polar surface area (TPSA) is 141 Å². The number of benzene rings is 2. The molecule has 0 aromatic heterocycles. The molecule has 0 radical (unpaired) electrons. The molecule has 0 heterocycles. The van der Waals surface area contributed by atoms with Crippen molar-refractivity contribution in [2.24, 2.45) is 5.92 Å². The van der Waals surface area contributed by atoms with Crippen molar-refractivity contribution in [1.29, 1.82) is 0 Å². The van der Waals surface area contributed by atoms with E-state index >= 15 is 0 Å². The lowest BCUT2D eigenvalue weighted by atomic mass is 10.0. The number of ether oxygens (including phenoxy) is 5. The van der Waals surface area contributed by atoms with E-state index in [1.165, 1.54) is 31.4 Å². The van der Waals surface area contributed by atoms with Crippen LogP contribution in [0.15, 0.2) is 48.5 Å². The summed E-state index contributed by atoms with van der Waals surface area (Å²) in [4.78, 5) is 50.4. The lowest BCUT2D eigenvalue weighted by molar-refractivity contribution is -0.148. The van der Waals surface area contributed by atoms with Crippen molar-refractivity contribution in [3.63, 3.8) is 0 Å². The minimum atomic E-state index is -2.94. The van der Waals surface area contributed by atoms with Crippen LogP contribution in [0.5, 0.6) is 11.5 Å². The number of carbonyl (C=O) groups excluding carboxylic acids is 4. The van der Waals surface area contributed by atoms with Crippen molar-refractivity contribution in [2.75, 3.05) is 27.4 Å². The van der Waals surface area contributed by atoms with E-state index < -0.39 is 43.7 Å². The van der Waals surface area contributed by atoms with Gasteiger partial charge in [-0.25, -0.2) is 9.59 Å². The summed E-state index contributed by atoms with van der Waals surface area (Å²) in [6.45, 7) is 4.30. The summed E-state index contributed by atoms with van der Waals surface area (Å²) in [5.41, 5.74) is 0.0678. The van der Waals surface area contributed by atoms with E-state index in [1.807, 2.05) is 13.8 Å². The first-order chi connectivity index (χ1) is 20.3. The van der Waals surface area contributed by atoms with Gasteiger partial charge < -0.3 is 23.7 Å². The molecule has 0 spiro atoms. The van der Waals surface area contributed by atoms with Crippen molar-refractivity contribution >= 4 is 31.9 Å². The summed E-state index contributed by atoms with van der Waals surface area (Å²) in [5, 5.41) is 0. The molecule has 0 saturated carbocycles. The fourth-order valence-corrected chi connectivity index (χ4v) is 4.90. The third-order valence-corrected chi connectivity index (χ3v) is 7.31. The lowest BCUT2D eigenvalue weighted by Gasteiger charge is -2.19. The number of methoxy groups -OCH3 is 2. The van der Waals surface area contributed by atoms with Gasteiger partial charge >= 0.3 is 37.8 Å². The highest BCUT2D eigenvalue weighted by Crippen LogP contribution is 2.41. The molecule has 42 heavy (non-hydrogen) atoms. The number of rotatable bonds is 18. The maximum absolute atomic E-state index is 13.8. The zero-order chi connectivity index (χ0) is 30.9. The molecular weight excluding hydrogens is 567 g/mol. The minimum Gasteiger partial charge on any atom is -0.469 e. The molecule has 3 unspecified atom stereocenters. The molecule has 0 saturated heterocycles. The van der Waals surface area contributed by atoms with Gasteiger partial charge in [-0.1, -0.05) is 51.0 Å². The van der Waals surface area contributed by atoms with E-state index in [0.717, 1.165) is 20.0 Å². The summed E-state index contributed by atoms with van der Waals surface area (Å²) in [6, 6.07) is 12.2. The second-order valence-corrected chi connectivity index (χ2v) is 10.4. The number of unbranched alkanes of at least 4 members (excludes halogenated alkanes) is 2. The first kappa shape index (κ1) is 34.2. The van der Waals surface area contributed by atoms with Gasteiger partial charge in [0.1, 0.15) is 22.8 Å². The Morgan fingerprint density at radius 2 is 1.29 bits per heavy atom. The number of hydrogen-bond acceptors (Lipinski definition) is 11. The fraction of sp³-hybridized carbons (Fsp3) is 0.467. The third kappa shape index (κ3) is 10.4. The molecule has 11 nitrogen and oxygen atoms in total. The highest BCUT2D eigenvalue weighted by molar-refractivity contribution is 7.40. The highest BCUT2D eigenvalue weighted by atomic mass is 31.1. The van der Waals surface area contributed by atoms with Crippen LogP contribution >= 0.6 is 8.03 Å². The van der Waals surface area contributed by atoms with Gasteiger partial charge in [-0.3, -0.25) is 14.1 Å². The summed E-state index contributed by atoms with van der Waals surface area (Å²) in [5.74, 6) is -5.69. The van der Waals surface area contributed by atoms with Gasteiger partial charge in [-0.15, -0.1) is 0 Å². The molecule has 12 heteroatoms. The normalized spacial score (nSPS) is 12.3. The van der Waals surface area contributed by atoms with Crippen LogP contribution < -0.4 is 9.26 Å². The third-order valence-electron chi connectivity index (χ3n) is 6.06. The number of esters is 4. The largest absolute Gasteiger partial charge is 0.602 e. The molecule has 2 aromatic carbocycles. The summed E-state index contributed by atoms with van der Waals surface area (Å²) >= 11 is 0. The predicted molar refractivity (Wildman–Crippen MR) is 153 cm³/mol. The average Bonchev–Trinajstić information content (AvgIpc) is 3.00. The van der Waals surface area contributed by atoms with Crippen molar-refractivity contribution < 1.29 is 52.0 Å². The summed E-state index contributed by atoms with van der Waals surface area (Å²) in [7, 11) is -0.607. The maximum atomic E-state index is 13.8. The predicted octanol–water partition coefficient (Wildman–Crippen LogP) is 5.87. The second kappa shape index (κ2) is 18.5. The summed E-state index contributed by atoms with van der Waals surface area (Å²) < 4.78 is 45.9. The van der Waals surface area contributed by atoms with Gasteiger partial charge in [0.05, 0.1) is 27.4 Å². The maximum Gasteiger partial charge on any atom is 0.602 e. The zero-order valence-electron chi connectivity index (χ0n) is 24.4. The molecule has 0 aliphatic heterocycles. The Morgan fingerprint density at radius 3 is 1.81 bits per heavy atom. The van der Waals surface area contributed by atoms with Gasteiger partial charge in [0, 0.05) is 6.42 Å². The quantitative estimate of drug-likeness (QED) is 0.0872. The minimum absolute atomic E-state index is 0.0184. The monoisotopic (exact) mass is 605 g/mol. The summed E-state index contributed by atoms with van der Waals surface area (Å²) in [6.07, 6.45) is 2.58. The molecule has 2 aromatic rings. The van der Waals surface area contributed by atoms with Crippen molar-refractivity contribution in [2.45, 2.75) is 58.2 Å². The smallest absolute Gasteiger partial charge is 0.469 e. The van der Waals surface area contributed by atoms with Crippen LogP contribution in [0.2, 0.25) is 0 Å². The molecule has 3 atom stereocenters. The van der Waals surface area contributed by atoms with Crippen molar-refractivity contribution in [3.8, 4) is 11.5 Å². The standard InChI is InChI=1S/C30H38O11P/c1-5-7-19-38-28(33)21-13-9-11-15-24(21)40-30(23(27(32)37-4)17-18-26(31)36-3)42(35)41-25-16-12-10-14-22(25)29(34)39-20-8-6-2/h9-16,23,30H,5-8,17-20H2,1-4H3/q+1. The number of para-hydroxylation sites is 2. The molecule has 0 bridgehead atoms. The fourth-order valence-electron chi connectivity index (χ4n) is 3.68. The van der Waals surface area contributed by atoms with E-state index in [9.17, 15) is 23.7 Å². The van der Waals surface area contributed by atoms with Crippen LogP contribution in [0.4, 0.5) is 0 Å². The van der Waals surface area contributed by atoms with Crippen LogP contribution in [0.3, 0.4) is 0 Å². The molecule has 228 valence electrons. The van der Waals surface area contributed by atoms with Crippen molar-refractivity contribution in [1.82, 2.24) is 0 Å². The molecule has 0 amide bonds. The van der Waals surface area contributed by atoms with E-state index in [-0.39, 0.29) is 48.7 Å². The van der Waals surface area contributed by atoms with Crippen LogP contribution in [0, 0.1) is 5.92 Å². The Hall–Kier alpha value is -3.98. The van der Waals surface area contributed by atoms with Gasteiger partial charge in [0.25, 0.3) is 0 Å². The molecule has 0 fully saturated rings. The van der Waals surface area contributed by atoms with E-state index in [2.05, 4.69) is 0 Å². The number of carbonyl (C=O) groups is 4. The van der Waals surface area contributed by atoms with Crippen LogP contribution in [-0.4, -0.2) is 57.2 Å². The Kier molecular flexibility index (Phi) is 15.0. The average molecular weight is 606 g/mol. The molecule has 2 rings (SSSR count). The van der Waals surface area contributed by atoms with Crippen LogP contribution in [0.1, 0.15) is 73.1 Å². The molecule has 0 aliphatic rings. The van der Waals surface area contributed by atoms with Gasteiger partial charge in [0.15, 0.2) is 0 Å². The molecule has 0 aliphatic carbocycles.